The molecule has 0 aromatic heterocycles. The van der Waals surface area contributed by atoms with Gasteiger partial charge in [-0.05, 0) is 72.6 Å². The quantitative estimate of drug-likeness (QED) is 0.334. The van der Waals surface area contributed by atoms with E-state index in [2.05, 4.69) is 96.7 Å². The fourth-order valence-corrected chi connectivity index (χ4v) is 12.8. The normalized spacial score (nSPS) is 45.4. The van der Waals surface area contributed by atoms with Gasteiger partial charge in [0, 0.05) is 28.3 Å². The summed E-state index contributed by atoms with van der Waals surface area (Å²) in [5.74, 6) is 1.36. The monoisotopic (exact) mass is 502 g/mol. The Balaban J connectivity index is 1.58. The summed E-state index contributed by atoms with van der Waals surface area (Å²) in [6.07, 6.45) is 7.58. The largest absolute Gasteiger partial charge is 0.321 e. The molecule has 7 rings (SSSR count). The van der Waals surface area contributed by atoms with Crippen LogP contribution in [0.15, 0.2) is 48.5 Å². The zero-order valence-corrected chi connectivity index (χ0v) is 24.2. The van der Waals surface area contributed by atoms with E-state index in [4.69, 9.17) is 9.05 Å². The smallest absolute Gasteiger partial charge is 0.168 e. The minimum atomic E-state index is -1.12. The topological polar surface area (TPSA) is 18.5 Å². The molecule has 2 aromatic carbocycles. The van der Waals surface area contributed by atoms with Crippen molar-refractivity contribution < 1.29 is 9.05 Å². The molecule has 4 aliphatic carbocycles. The van der Waals surface area contributed by atoms with E-state index >= 15 is 0 Å². The summed E-state index contributed by atoms with van der Waals surface area (Å²) in [6.45, 7) is 17.3. The maximum absolute atomic E-state index is 7.60. The zero-order valence-electron chi connectivity index (χ0n) is 23.3. The van der Waals surface area contributed by atoms with Crippen LogP contribution in [0.2, 0.25) is 0 Å². The number of rotatable bonds is 0. The molecule has 192 valence electrons. The number of benzene rings is 2. The van der Waals surface area contributed by atoms with E-state index < -0.39 is 8.38 Å². The first kappa shape index (κ1) is 23.9. The average molecular weight is 503 g/mol. The van der Waals surface area contributed by atoms with E-state index in [-0.39, 0.29) is 32.9 Å². The summed E-state index contributed by atoms with van der Waals surface area (Å²) in [7, 11) is -1.12. The minimum Gasteiger partial charge on any atom is -0.321 e. The lowest BCUT2D eigenvalue weighted by atomic mass is 9.55. The summed E-state index contributed by atoms with van der Waals surface area (Å²) in [5.41, 5.74) is 5.10. The second-order valence-electron chi connectivity index (χ2n) is 14.5. The van der Waals surface area contributed by atoms with Crippen molar-refractivity contribution in [3.8, 4) is 11.1 Å². The van der Waals surface area contributed by atoms with Crippen LogP contribution in [-0.4, -0.2) is 6.66 Å². The van der Waals surface area contributed by atoms with Gasteiger partial charge in [0.1, 0.15) is 11.2 Å². The first-order chi connectivity index (χ1) is 16.9. The molecule has 36 heavy (non-hydrogen) atoms. The van der Waals surface area contributed by atoms with E-state index in [1.54, 1.807) is 0 Å². The van der Waals surface area contributed by atoms with Crippen molar-refractivity contribution in [1.82, 2.24) is 0 Å². The Kier molecular flexibility index (Phi) is 4.67. The molecule has 1 aliphatic heterocycles. The van der Waals surface area contributed by atoms with Crippen LogP contribution >= 0.6 is 8.38 Å². The molecule has 1 heterocycles. The predicted octanol–water partition coefficient (Wildman–Crippen LogP) is 9.43. The van der Waals surface area contributed by atoms with Crippen molar-refractivity contribution in [2.75, 3.05) is 6.66 Å². The standard InChI is InChI=1S/C33H43O2P/c1-28(2)22-16-18-30(5,20-22)32(28)26-14-10-8-12-24(26)25-13-9-11-15-27(25)33(35-36(7)34-32)29(3,4)23-17-19-31(33,6)21-23/h8-15,22-23H,16-21H2,1-7H3. The Morgan fingerprint density at radius 2 is 1.03 bits per heavy atom. The molecule has 0 N–H and O–H groups in total. The highest BCUT2D eigenvalue weighted by molar-refractivity contribution is 7.46. The molecule has 6 unspecified atom stereocenters. The van der Waals surface area contributed by atoms with Crippen LogP contribution in [0.5, 0.6) is 0 Å². The average Bonchev–Trinajstić information content (AvgIpc) is 3.52. The molecule has 4 saturated carbocycles. The lowest BCUT2D eigenvalue weighted by molar-refractivity contribution is -0.159. The van der Waals surface area contributed by atoms with Crippen LogP contribution in [0.4, 0.5) is 0 Å². The molecular formula is C33H43O2P. The van der Waals surface area contributed by atoms with Crippen molar-refractivity contribution in [3.05, 3.63) is 59.7 Å². The first-order valence-electron chi connectivity index (χ1n) is 14.2. The predicted molar refractivity (Wildman–Crippen MR) is 149 cm³/mol. The summed E-state index contributed by atoms with van der Waals surface area (Å²) < 4.78 is 15.2. The van der Waals surface area contributed by atoms with Crippen molar-refractivity contribution in [1.29, 1.82) is 0 Å². The minimum absolute atomic E-state index is 0.0383. The SMILES string of the molecule is CP1OC2(c3ccccc3-c3ccccc3C3(O1)C1(C)CCC(C1)C3(C)C)C1(C)CCC(C1)C2(C)C. The van der Waals surface area contributed by atoms with Crippen LogP contribution in [0.3, 0.4) is 0 Å². The van der Waals surface area contributed by atoms with E-state index in [9.17, 15) is 0 Å². The molecule has 4 bridgehead atoms. The van der Waals surface area contributed by atoms with Crippen molar-refractivity contribution in [3.63, 3.8) is 0 Å². The third kappa shape index (κ3) is 2.43. The maximum atomic E-state index is 7.60. The van der Waals surface area contributed by atoms with Gasteiger partial charge in [0.05, 0.1) is 0 Å². The van der Waals surface area contributed by atoms with E-state index in [0.717, 1.165) is 0 Å². The Bertz CT molecular complexity index is 1140. The highest BCUT2D eigenvalue weighted by Gasteiger charge is 2.75. The van der Waals surface area contributed by atoms with Gasteiger partial charge in [-0.15, -0.1) is 0 Å². The Morgan fingerprint density at radius 1 is 0.639 bits per heavy atom. The highest BCUT2D eigenvalue weighted by Crippen LogP contribution is 2.80. The molecule has 2 nitrogen and oxygen atoms in total. The van der Waals surface area contributed by atoms with Crippen LogP contribution in [-0.2, 0) is 20.2 Å². The van der Waals surface area contributed by atoms with E-state index in [1.165, 1.54) is 60.8 Å². The Morgan fingerprint density at radius 3 is 1.39 bits per heavy atom. The Labute approximate surface area is 219 Å². The van der Waals surface area contributed by atoms with E-state index in [0.29, 0.717) is 11.8 Å². The highest BCUT2D eigenvalue weighted by atomic mass is 31.2. The second kappa shape index (κ2) is 7.05. The van der Waals surface area contributed by atoms with Gasteiger partial charge in [0.25, 0.3) is 0 Å². The summed E-state index contributed by atoms with van der Waals surface area (Å²) in [4.78, 5) is 0. The van der Waals surface area contributed by atoms with Crippen molar-refractivity contribution in [2.24, 2.45) is 33.5 Å². The number of hydrogen-bond donors (Lipinski definition) is 0. The second-order valence-corrected chi connectivity index (χ2v) is 15.8. The fourth-order valence-electron chi connectivity index (χ4n) is 10.8. The molecular weight excluding hydrogens is 459 g/mol. The maximum Gasteiger partial charge on any atom is 0.168 e. The van der Waals surface area contributed by atoms with Gasteiger partial charge in [0.15, 0.2) is 8.38 Å². The summed E-state index contributed by atoms with van der Waals surface area (Å²) in [6, 6.07) is 18.5. The van der Waals surface area contributed by atoms with Crippen LogP contribution in [0.25, 0.3) is 11.1 Å². The van der Waals surface area contributed by atoms with Gasteiger partial charge in [-0.2, -0.15) is 0 Å². The van der Waals surface area contributed by atoms with Crippen molar-refractivity contribution >= 4 is 8.38 Å². The molecule has 0 amide bonds. The lowest BCUT2D eigenvalue weighted by Crippen LogP contribution is -2.54. The molecule has 0 radical (unpaired) electrons. The van der Waals surface area contributed by atoms with Crippen LogP contribution < -0.4 is 0 Å². The van der Waals surface area contributed by atoms with Gasteiger partial charge < -0.3 is 9.05 Å². The number of hydrogen-bond acceptors (Lipinski definition) is 2. The first-order valence-corrected chi connectivity index (χ1v) is 15.9. The van der Waals surface area contributed by atoms with Gasteiger partial charge in [0.2, 0.25) is 0 Å². The number of fused-ring (bicyclic) bond motifs is 11. The molecule has 6 atom stereocenters. The van der Waals surface area contributed by atoms with Gasteiger partial charge in [-0.1, -0.05) is 90.1 Å². The van der Waals surface area contributed by atoms with Gasteiger partial charge >= 0.3 is 0 Å². The third-order valence-corrected chi connectivity index (χ3v) is 13.5. The van der Waals surface area contributed by atoms with Crippen molar-refractivity contribution in [2.45, 2.75) is 91.3 Å². The van der Waals surface area contributed by atoms with Gasteiger partial charge in [-0.25, -0.2) is 0 Å². The molecule has 5 aliphatic rings. The van der Waals surface area contributed by atoms with Gasteiger partial charge in [-0.3, -0.25) is 0 Å². The molecule has 2 aromatic rings. The molecule has 2 spiro atoms. The zero-order chi connectivity index (χ0) is 25.4. The van der Waals surface area contributed by atoms with Crippen LogP contribution in [0, 0.1) is 33.5 Å². The van der Waals surface area contributed by atoms with E-state index in [1.807, 2.05) is 0 Å². The third-order valence-electron chi connectivity index (χ3n) is 12.5. The Hall–Kier alpha value is -1.21. The lowest BCUT2D eigenvalue weighted by Gasteiger charge is -2.57. The fraction of sp³-hybridized carbons (Fsp3) is 0.636. The molecule has 3 heteroatoms. The van der Waals surface area contributed by atoms with Crippen LogP contribution in [0.1, 0.15) is 91.2 Å². The molecule has 0 saturated heterocycles. The summed E-state index contributed by atoms with van der Waals surface area (Å²) >= 11 is 0. The molecule has 4 fully saturated rings. The summed E-state index contributed by atoms with van der Waals surface area (Å²) in [5, 5.41) is 0.